The molecule has 45 heavy (non-hydrogen) atoms. The first-order chi connectivity index (χ1) is 21.3. The molecule has 7 nitrogen and oxygen atoms in total. The van der Waals surface area contributed by atoms with Crippen LogP contribution in [0.5, 0.6) is 0 Å². The van der Waals surface area contributed by atoms with Gasteiger partial charge in [-0.05, 0) is 57.2 Å². The number of nitrogens with zero attached hydrogens (tertiary/aromatic N) is 4. The molecule has 3 rings (SSSR count). The lowest BCUT2D eigenvalue weighted by atomic mass is 9.73. The number of carbonyl (C=O) groups is 2. The Morgan fingerprint density at radius 2 is 1.71 bits per heavy atom. The van der Waals surface area contributed by atoms with Crippen LogP contribution >= 0.6 is 23.2 Å². The van der Waals surface area contributed by atoms with Gasteiger partial charge in [-0.2, -0.15) is 5.26 Å². The molecule has 1 aromatic carbocycles. The fourth-order valence-electron chi connectivity index (χ4n) is 6.13. The van der Waals surface area contributed by atoms with E-state index < -0.39 is 10.8 Å². The number of carbonyl (C=O) groups excluding carboxylic acids is 2. The number of piperidine rings is 1. The van der Waals surface area contributed by atoms with Gasteiger partial charge in [0.1, 0.15) is 0 Å². The predicted molar refractivity (Wildman–Crippen MR) is 184 cm³/mol. The summed E-state index contributed by atoms with van der Waals surface area (Å²) in [5.74, 6) is -0.0244. The van der Waals surface area contributed by atoms with Gasteiger partial charge in [0.2, 0.25) is 5.91 Å². The lowest BCUT2D eigenvalue weighted by Crippen LogP contribution is -2.60. The number of urea groups is 1. The number of benzene rings is 1. The summed E-state index contributed by atoms with van der Waals surface area (Å²) in [6.45, 7) is 15.7. The zero-order valence-electron chi connectivity index (χ0n) is 26.7. The minimum Gasteiger partial charge on any atom is -0.402 e. The lowest BCUT2D eigenvalue weighted by molar-refractivity contribution is -0.136. The molecule has 0 radical (unpaired) electrons. The highest BCUT2D eigenvalue weighted by Crippen LogP contribution is 2.39. The third kappa shape index (κ3) is 9.63. The molecule has 9 heteroatoms. The van der Waals surface area contributed by atoms with E-state index in [0.717, 1.165) is 11.1 Å². The Labute approximate surface area is 278 Å². The van der Waals surface area contributed by atoms with E-state index in [1.54, 1.807) is 28.9 Å². The zero-order valence-corrected chi connectivity index (χ0v) is 28.2. The van der Waals surface area contributed by atoms with E-state index in [1.165, 1.54) is 0 Å². The van der Waals surface area contributed by atoms with Crippen LogP contribution in [-0.2, 0) is 10.2 Å². The number of halogens is 2. The Bertz CT molecular complexity index is 1430. The minimum atomic E-state index is -0.694. The molecule has 240 valence electrons. The van der Waals surface area contributed by atoms with Crippen LogP contribution in [-0.4, -0.2) is 65.9 Å². The van der Waals surface area contributed by atoms with Crippen molar-refractivity contribution >= 4 is 35.1 Å². The van der Waals surface area contributed by atoms with E-state index in [-0.39, 0.29) is 31.4 Å². The number of hydrogen-bond acceptors (Lipinski definition) is 4. The van der Waals surface area contributed by atoms with E-state index in [0.29, 0.717) is 66.8 Å². The van der Waals surface area contributed by atoms with Crippen LogP contribution in [0.3, 0.4) is 0 Å². The monoisotopic (exact) mass is 649 g/mol. The second kappa shape index (κ2) is 16.0. The van der Waals surface area contributed by atoms with Crippen molar-refractivity contribution in [3.05, 3.63) is 106 Å². The van der Waals surface area contributed by atoms with Crippen molar-refractivity contribution in [3.63, 3.8) is 0 Å². The number of rotatable bonds is 12. The first kappa shape index (κ1) is 35.7. The number of amides is 3. The van der Waals surface area contributed by atoms with Gasteiger partial charge in [-0.25, -0.2) is 4.79 Å². The second-order valence-electron chi connectivity index (χ2n) is 12.3. The van der Waals surface area contributed by atoms with Gasteiger partial charge in [-0.1, -0.05) is 96.6 Å². The van der Waals surface area contributed by atoms with Gasteiger partial charge in [-0.3, -0.25) is 4.79 Å². The molecule has 1 unspecified atom stereocenters. The zero-order chi connectivity index (χ0) is 33.2. The molecule has 1 aromatic rings. The summed E-state index contributed by atoms with van der Waals surface area (Å²) in [5.41, 5.74) is 8.06. The van der Waals surface area contributed by atoms with Crippen molar-refractivity contribution in [3.8, 4) is 6.07 Å². The summed E-state index contributed by atoms with van der Waals surface area (Å²) in [4.78, 5) is 33.2. The Hall–Kier alpha value is -3.73. The lowest BCUT2D eigenvalue weighted by Gasteiger charge is -2.48. The molecule has 3 amide bonds. The summed E-state index contributed by atoms with van der Waals surface area (Å²) < 4.78 is 0. The molecular weight excluding hydrogens is 605 g/mol. The highest BCUT2D eigenvalue weighted by atomic mass is 35.5. The van der Waals surface area contributed by atoms with Gasteiger partial charge >= 0.3 is 6.03 Å². The number of allylic oxidation sites excluding steroid dienone is 7. The van der Waals surface area contributed by atoms with Gasteiger partial charge in [0.05, 0.1) is 11.5 Å². The summed E-state index contributed by atoms with van der Waals surface area (Å²) in [5, 5.41) is 11.0. The van der Waals surface area contributed by atoms with Gasteiger partial charge in [0, 0.05) is 66.9 Å². The molecule has 2 heterocycles. The van der Waals surface area contributed by atoms with E-state index in [4.69, 9.17) is 28.9 Å². The Balaban J connectivity index is 1.91. The summed E-state index contributed by atoms with van der Waals surface area (Å²) >= 11 is 12.4. The third-order valence-corrected chi connectivity index (χ3v) is 8.99. The summed E-state index contributed by atoms with van der Waals surface area (Å²) in [6, 6.07) is 12.2. The first-order valence-electron chi connectivity index (χ1n) is 15.2. The third-order valence-electron chi connectivity index (χ3n) is 8.62. The number of hydrogen-bond donors (Lipinski definition) is 1. The Morgan fingerprint density at radius 3 is 2.27 bits per heavy atom. The van der Waals surface area contributed by atoms with Crippen molar-refractivity contribution in [1.29, 1.82) is 5.26 Å². The standard InChI is InChI=1S/C36H45Cl2N5O2/c1-6-27(2)11-10-18-42-25-35(21-29(4)40,26-43(34(42)45)23-31(30(5)38)15-14-28(3)37)22-33(44)41-19-16-36(24-39,17-20-41)32-12-8-7-9-13-32/h6-15H,4-5,16-23,25-26,40H2,1-3H3/b11-10-,27-6-,28-14+,31-15-. The number of nitriles is 1. The van der Waals surface area contributed by atoms with Gasteiger partial charge in [0.15, 0.2) is 0 Å². The van der Waals surface area contributed by atoms with Gasteiger partial charge in [-0.15, -0.1) is 0 Å². The number of likely N-dealkylation sites (tertiary alicyclic amines) is 1. The van der Waals surface area contributed by atoms with Crippen LogP contribution in [0.2, 0.25) is 0 Å². The van der Waals surface area contributed by atoms with E-state index in [1.807, 2.05) is 67.3 Å². The smallest absolute Gasteiger partial charge is 0.320 e. The molecule has 1 atom stereocenters. The topological polar surface area (TPSA) is 93.7 Å². The molecule has 2 aliphatic heterocycles. The maximum absolute atomic E-state index is 14.0. The van der Waals surface area contributed by atoms with Crippen molar-refractivity contribution in [2.24, 2.45) is 11.1 Å². The van der Waals surface area contributed by atoms with Crippen molar-refractivity contribution < 1.29 is 9.59 Å². The SMILES string of the molecule is C=C(N)CC1(CC(=O)N2CCC(C#N)(c3ccccc3)CC2)CN(C/C=C\C(C)=C/C)C(=O)N(C/C(=C/C=C(\C)Cl)C(=C)Cl)C1. The van der Waals surface area contributed by atoms with E-state index >= 15 is 0 Å². The van der Waals surface area contributed by atoms with Crippen LogP contribution in [0.25, 0.3) is 0 Å². The molecule has 2 saturated heterocycles. The van der Waals surface area contributed by atoms with Crippen molar-refractivity contribution in [1.82, 2.24) is 14.7 Å². The maximum atomic E-state index is 14.0. The molecule has 2 aliphatic rings. The fraction of sp³-hybridized carbons (Fsp3) is 0.417. The van der Waals surface area contributed by atoms with E-state index in [2.05, 4.69) is 19.2 Å². The molecule has 0 aliphatic carbocycles. The first-order valence-corrected chi connectivity index (χ1v) is 16.0. The molecule has 2 N–H and O–H groups in total. The quantitative estimate of drug-likeness (QED) is 0.239. The molecule has 0 saturated carbocycles. The Kier molecular flexibility index (Phi) is 12.7. The normalized spacial score (nSPS) is 21.2. The average molecular weight is 651 g/mol. The highest BCUT2D eigenvalue weighted by Gasteiger charge is 2.46. The van der Waals surface area contributed by atoms with Crippen LogP contribution < -0.4 is 5.73 Å². The average Bonchev–Trinajstić information content (AvgIpc) is 3.00. The highest BCUT2D eigenvalue weighted by molar-refractivity contribution is 6.31. The molecule has 0 spiro atoms. The minimum absolute atomic E-state index is 0.0244. The van der Waals surface area contributed by atoms with Crippen LogP contribution in [0.1, 0.15) is 52.0 Å². The number of nitrogens with two attached hydrogens (primary N) is 1. The maximum Gasteiger partial charge on any atom is 0.320 e. The molecule has 0 aromatic heterocycles. The second-order valence-corrected chi connectivity index (χ2v) is 13.3. The van der Waals surface area contributed by atoms with Gasteiger partial charge in [0.25, 0.3) is 0 Å². The molecular formula is C36H45Cl2N5O2. The fourth-order valence-corrected chi connectivity index (χ4v) is 6.32. The van der Waals surface area contributed by atoms with Crippen molar-refractivity contribution in [2.75, 3.05) is 39.3 Å². The summed E-state index contributed by atoms with van der Waals surface area (Å²) in [7, 11) is 0. The molecule has 2 fully saturated rings. The van der Waals surface area contributed by atoms with Crippen molar-refractivity contribution in [2.45, 2.75) is 51.9 Å². The molecule has 0 bridgehead atoms. The van der Waals surface area contributed by atoms with Crippen LogP contribution in [0, 0.1) is 16.7 Å². The Morgan fingerprint density at radius 1 is 1.07 bits per heavy atom. The largest absolute Gasteiger partial charge is 0.402 e. The van der Waals surface area contributed by atoms with Crippen LogP contribution in [0.4, 0.5) is 4.79 Å². The summed E-state index contributed by atoms with van der Waals surface area (Å²) in [6.07, 6.45) is 11.0. The predicted octanol–water partition coefficient (Wildman–Crippen LogP) is 7.39. The van der Waals surface area contributed by atoms with Gasteiger partial charge < -0.3 is 20.4 Å². The van der Waals surface area contributed by atoms with E-state index in [9.17, 15) is 14.9 Å². The van der Waals surface area contributed by atoms with Crippen LogP contribution in [0.15, 0.2) is 101 Å².